The largest absolute Gasteiger partial charge is 0.480 e. The Morgan fingerprint density at radius 1 is 1.11 bits per heavy atom. The van der Waals surface area contributed by atoms with E-state index in [0.29, 0.717) is 11.3 Å². The van der Waals surface area contributed by atoms with Crippen molar-refractivity contribution in [3.05, 3.63) is 19.8 Å². The molecule has 0 aliphatic rings. The maximum atomic E-state index is 13.3. The van der Waals surface area contributed by atoms with Crippen molar-refractivity contribution in [2.24, 2.45) is 0 Å². The molecule has 0 spiro atoms. The van der Waals surface area contributed by atoms with Crippen molar-refractivity contribution in [2.75, 3.05) is 18.7 Å². The molecule has 2 rings (SSSR count). The summed E-state index contributed by atoms with van der Waals surface area (Å²) in [6.45, 7) is 0. The Hall–Kier alpha value is -1.36. The molecule has 148 valence electrons. The third kappa shape index (κ3) is 4.92. The lowest BCUT2D eigenvalue weighted by Gasteiger charge is -2.14. The minimum atomic E-state index is -5.03. The number of rotatable bonds is 4. The van der Waals surface area contributed by atoms with Gasteiger partial charge in [0.15, 0.2) is 21.7 Å². The molecule has 0 aliphatic heterocycles. The van der Waals surface area contributed by atoms with E-state index in [1.807, 2.05) is 5.32 Å². The Morgan fingerprint density at radius 2 is 1.70 bits per heavy atom. The Bertz CT molecular complexity index is 871. The van der Waals surface area contributed by atoms with Crippen LogP contribution in [0.3, 0.4) is 0 Å². The number of hydrogen-bond acceptors (Lipinski definition) is 7. The molecule has 0 saturated heterocycles. The summed E-state index contributed by atoms with van der Waals surface area (Å²) in [4.78, 5) is 22.5. The highest BCUT2D eigenvalue weighted by Gasteiger charge is 2.41. The summed E-state index contributed by atoms with van der Waals surface area (Å²) < 4.78 is 82.7. The van der Waals surface area contributed by atoms with Crippen LogP contribution < -0.4 is 10.1 Å². The number of amides is 1. The molecule has 0 atom stereocenters. The van der Waals surface area contributed by atoms with Gasteiger partial charge in [0, 0.05) is 0 Å². The number of thiazole rings is 1. The summed E-state index contributed by atoms with van der Waals surface area (Å²) >= 11 is 2.61. The van der Waals surface area contributed by atoms with E-state index in [-0.39, 0.29) is 8.04 Å². The minimum Gasteiger partial charge on any atom is -0.480 e. The Kier molecular flexibility index (Phi) is 6.45. The number of anilines is 1. The molecule has 6 nitrogen and oxygen atoms in total. The van der Waals surface area contributed by atoms with Crippen molar-refractivity contribution in [1.29, 1.82) is 0 Å². The van der Waals surface area contributed by atoms with Gasteiger partial charge in [-0.3, -0.25) is 10.1 Å². The van der Waals surface area contributed by atoms with Crippen LogP contribution in [-0.4, -0.2) is 34.2 Å². The van der Waals surface area contributed by atoms with E-state index in [1.54, 1.807) is 0 Å². The van der Waals surface area contributed by atoms with Gasteiger partial charge < -0.3 is 4.74 Å². The topological polar surface area (TPSA) is 77.0 Å². The van der Waals surface area contributed by atoms with Crippen molar-refractivity contribution >= 4 is 56.7 Å². The number of aromatic nitrogens is 3. The zero-order valence-corrected chi connectivity index (χ0v) is 16.9. The SMILES string of the molecule is COc1nc(SC)nc(C(F)(F)F)c1C(=O)Nc1nc(C(F)(F)F)c(I)s1. The van der Waals surface area contributed by atoms with Gasteiger partial charge in [-0.1, -0.05) is 23.1 Å². The zero-order chi connectivity index (χ0) is 20.6. The van der Waals surface area contributed by atoms with Crippen LogP contribution in [0.25, 0.3) is 0 Å². The predicted octanol–water partition coefficient (Wildman–Crippen LogP) is 4.56. The first-order valence-corrected chi connectivity index (χ1v) is 9.62. The second kappa shape index (κ2) is 7.94. The highest BCUT2D eigenvalue weighted by atomic mass is 127. The van der Waals surface area contributed by atoms with Gasteiger partial charge in [0.25, 0.3) is 5.91 Å². The maximum Gasteiger partial charge on any atom is 0.435 e. The fourth-order valence-electron chi connectivity index (χ4n) is 1.76. The van der Waals surface area contributed by atoms with Crippen LogP contribution in [0.2, 0.25) is 0 Å². The van der Waals surface area contributed by atoms with E-state index in [2.05, 4.69) is 15.0 Å². The number of carbonyl (C=O) groups is 1. The highest BCUT2D eigenvalue weighted by molar-refractivity contribution is 14.1. The van der Waals surface area contributed by atoms with E-state index < -0.39 is 46.2 Å². The van der Waals surface area contributed by atoms with E-state index in [9.17, 15) is 31.1 Å². The third-order valence-electron chi connectivity index (χ3n) is 2.80. The van der Waals surface area contributed by atoms with Gasteiger partial charge in [0.1, 0.15) is 5.56 Å². The molecule has 2 aromatic rings. The van der Waals surface area contributed by atoms with E-state index in [0.717, 1.165) is 18.9 Å². The lowest BCUT2D eigenvalue weighted by molar-refractivity contribution is -0.142. The van der Waals surface area contributed by atoms with Crippen LogP contribution in [0.4, 0.5) is 31.5 Å². The summed E-state index contributed by atoms with van der Waals surface area (Å²) in [5, 5.41) is 1.09. The number of nitrogens with zero attached hydrogens (tertiary/aromatic N) is 3. The molecule has 1 amide bonds. The summed E-state index contributed by atoms with van der Waals surface area (Å²) in [6, 6.07) is 0. The second-order valence-corrected chi connectivity index (χ2v) is 8.12. The van der Waals surface area contributed by atoms with Crippen molar-refractivity contribution in [3.8, 4) is 5.88 Å². The van der Waals surface area contributed by atoms with E-state index >= 15 is 0 Å². The standard InChI is InChI=1S/C12H7F6IN4O2S2/c1-25-8-3(4(11(13,14)15)20-9(23-8)26-2)7(24)22-10-21-5(6(19)27-10)12(16,17)18/h1-2H3,(H,21,22,24). The first kappa shape index (κ1) is 21.9. The number of hydrogen-bond donors (Lipinski definition) is 1. The van der Waals surface area contributed by atoms with Crippen LogP contribution in [0.1, 0.15) is 21.7 Å². The molecular weight excluding hydrogens is 537 g/mol. The molecule has 0 aromatic carbocycles. The lowest BCUT2D eigenvalue weighted by Crippen LogP contribution is -2.22. The van der Waals surface area contributed by atoms with Crippen molar-refractivity contribution in [2.45, 2.75) is 17.5 Å². The first-order valence-electron chi connectivity index (χ1n) is 6.50. The molecule has 2 heterocycles. The molecule has 2 aromatic heterocycles. The van der Waals surface area contributed by atoms with E-state index in [1.165, 1.54) is 28.8 Å². The molecule has 0 unspecified atom stereocenters. The predicted molar refractivity (Wildman–Crippen MR) is 93.2 cm³/mol. The summed E-state index contributed by atoms with van der Waals surface area (Å²) in [5.41, 5.74) is -3.87. The molecule has 0 saturated carbocycles. The average Bonchev–Trinajstić information content (AvgIpc) is 2.93. The van der Waals surface area contributed by atoms with Gasteiger partial charge in [-0.15, -0.1) is 0 Å². The normalized spacial score (nSPS) is 12.2. The molecule has 27 heavy (non-hydrogen) atoms. The number of alkyl halides is 6. The zero-order valence-electron chi connectivity index (χ0n) is 13.1. The molecule has 0 aliphatic carbocycles. The van der Waals surface area contributed by atoms with Gasteiger partial charge in [-0.25, -0.2) is 9.97 Å². The summed E-state index contributed by atoms with van der Waals surface area (Å²) in [7, 11) is 0.997. The molecule has 0 bridgehead atoms. The Labute approximate surface area is 169 Å². The van der Waals surface area contributed by atoms with Crippen molar-refractivity contribution < 1.29 is 35.9 Å². The van der Waals surface area contributed by atoms with Gasteiger partial charge in [-0.2, -0.15) is 31.3 Å². The number of carbonyl (C=O) groups excluding carboxylic acids is 1. The number of nitrogens with one attached hydrogen (secondary N) is 1. The van der Waals surface area contributed by atoms with Gasteiger partial charge in [0.2, 0.25) is 5.88 Å². The molecule has 15 heteroatoms. The van der Waals surface area contributed by atoms with Gasteiger partial charge in [-0.05, 0) is 28.8 Å². The number of halogens is 7. The first-order chi connectivity index (χ1) is 12.4. The highest BCUT2D eigenvalue weighted by Crippen LogP contribution is 2.38. The quantitative estimate of drug-likeness (QED) is 0.264. The van der Waals surface area contributed by atoms with Crippen molar-refractivity contribution in [1.82, 2.24) is 15.0 Å². The average molecular weight is 544 g/mol. The van der Waals surface area contributed by atoms with Crippen molar-refractivity contribution in [3.63, 3.8) is 0 Å². The van der Waals surface area contributed by atoms with Crippen LogP contribution in [0.5, 0.6) is 5.88 Å². The molecule has 0 radical (unpaired) electrons. The third-order valence-corrected chi connectivity index (χ3v) is 5.28. The van der Waals surface area contributed by atoms with Crippen LogP contribution in [0.15, 0.2) is 5.16 Å². The minimum absolute atomic E-state index is 0.285. The number of ether oxygens (including phenoxy) is 1. The smallest absolute Gasteiger partial charge is 0.435 e. The fraction of sp³-hybridized carbons (Fsp3) is 0.333. The monoisotopic (exact) mass is 544 g/mol. The number of thioether (sulfide) groups is 1. The van der Waals surface area contributed by atoms with E-state index in [4.69, 9.17) is 4.74 Å². The Balaban J connectivity index is 2.50. The number of methoxy groups -OCH3 is 1. The molecular formula is C12H7F6IN4O2S2. The maximum absolute atomic E-state index is 13.3. The lowest BCUT2D eigenvalue weighted by atomic mass is 10.2. The fourth-order valence-corrected chi connectivity index (χ4v) is 3.88. The second-order valence-electron chi connectivity index (χ2n) is 4.53. The van der Waals surface area contributed by atoms with Crippen LogP contribution >= 0.6 is 45.7 Å². The van der Waals surface area contributed by atoms with Gasteiger partial charge >= 0.3 is 12.4 Å². The Morgan fingerprint density at radius 3 is 2.15 bits per heavy atom. The van der Waals surface area contributed by atoms with Crippen LogP contribution in [0, 0.1) is 2.88 Å². The van der Waals surface area contributed by atoms with Crippen LogP contribution in [-0.2, 0) is 12.4 Å². The summed E-state index contributed by atoms with van der Waals surface area (Å²) in [5.74, 6) is -2.06. The molecule has 0 fully saturated rings. The van der Waals surface area contributed by atoms with Gasteiger partial charge in [0.05, 0.1) is 9.99 Å². The summed E-state index contributed by atoms with van der Waals surface area (Å²) in [6.07, 6.45) is -8.37. The molecule has 1 N–H and O–H groups in total.